The van der Waals surface area contributed by atoms with Crippen LogP contribution in [0.5, 0.6) is 5.75 Å². The molecule has 6 aromatic rings. The van der Waals surface area contributed by atoms with E-state index in [0.717, 1.165) is 29.6 Å². The van der Waals surface area contributed by atoms with Gasteiger partial charge in [0.25, 0.3) is 5.91 Å². The quantitative estimate of drug-likeness (QED) is 0.153. The summed E-state index contributed by atoms with van der Waals surface area (Å²) in [6.45, 7) is 2.46. The number of sulfonamides is 1. The van der Waals surface area contributed by atoms with E-state index < -0.39 is 27.6 Å². The van der Waals surface area contributed by atoms with E-state index >= 15 is 0 Å². The van der Waals surface area contributed by atoms with Gasteiger partial charge in [-0.25, -0.2) is 22.2 Å². The Hall–Kier alpha value is -5.30. The highest BCUT2D eigenvalue weighted by molar-refractivity contribution is 7.92. The molecule has 0 aliphatic rings. The first-order chi connectivity index (χ1) is 22.5. The van der Waals surface area contributed by atoms with Gasteiger partial charge in [-0.15, -0.1) is 0 Å². The lowest BCUT2D eigenvalue weighted by atomic mass is 10.0. The van der Waals surface area contributed by atoms with Crippen LogP contribution in [-0.4, -0.2) is 56.2 Å². The Labute approximate surface area is 269 Å². The molecule has 10 nitrogen and oxygen atoms in total. The summed E-state index contributed by atoms with van der Waals surface area (Å²) in [7, 11) is -0.899. The highest BCUT2D eigenvalue weighted by Gasteiger charge is 2.27. The van der Waals surface area contributed by atoms with Crippen LogP contribution < -0.4 is 14.4 Å². The monoisotopic (exact) mass is 659 g/mol. The minimum atomic E-state index is -3.78. The molecular formula is C34H31F2N5O5S. The van der Waals surface area contributed by atoms with Crippen LogP contribution in [0.15, 0.2) is 71.4 Å². The molecule has 242 valence electrons. The Morgan fingerprint density at radius 2 is 1.83 bits per heavy atom. The fourth-order valence-corrected chi connectivity index (χ4v) is 5.82. The summed E-state index contributed by atoms with van der Waals surface area (Å²) >= 11 is 0. The number of furan rings is 1. The molecule has 0 bridgehead atoms. The number of pyridine rings is 2. The van der Waals surface area contributed by atoms with Crippen molar-refractivity contribution >= 4 is 43.5 Å². The predicted molar refractivity (Wildman–Crippen MR) is 177 cm³/mol. The number of aromatic nitrogens is 3. The third-order valence-electron chi connectivity index (χ3n) is 7.85. The lowest BCUT2D eigenvalue weighted by Crippen LogP contribution is -2.25. The molecule has 0 atom stereocenters. The molecule has 13 heteroatoms. The number of benzene rings is 2. The maximum atomic E-state index is 14.6. The van der Waals surface area contributed by atoms with Gasteiger partial charge in [-0.1, -0.05) is 13.3 Å². The summed E-state index contributed by atoms with van der Waals surface area (Å²) in [5.41, 5.74) is 3.11. The maximum Gasteiger partial charge on any atom is 0.255 e. The first kappa shape index (κ1) is 31.7. The molecule has 2 aromatic carbocycles. The second-order valence-corrected chi connectivity index (χ2v) is 13.0. The number of unbranched alkanes of at least 4 members (excludes halogenated alkanes) is 1. The maximum absolute atomic E-state index is 14.6. The molecule has 6 rings (SSSR count). The molecule has 0 aliphatic heterocycles. The molecule has 4 heterocycles. The van der Waals surface area contributed by atoms with E-state index in [1.807, 2.05) is 6.92 Å². The van der Waals surface area contributed by atoms with Crippen molar-refractivity contribution in [1.82, 2.24) is 20.3 Å². The third kappa shape index (κ3) is 6.01. The number of H-pyrrole nitrogens is 1. The Kier molecular flexibility index (Phi) is 8.41. The second kappa shape index (κ2) is 12.5. The molecule has 47 heavy (non-hydrogen) atoms. The van der Waals surface area contributed by atoms with E-state index in [0.29, 0.717) is 56.9 Å². The molecule has 0 fully saturated rings. The number of rotatable bonds is 10. The van der Waals surface area contributed by atoms with Gasteiger partial charge in [-0.05, 0) is 55.0 Å². The van der Waals surface area contributed by atoms with Crippen LogP contribution in [0.2, 0.25) is 0 Å². The number of halogens is 2. The average Bonchev–Trinajstić information content (AvgIpc) is 3.66. The summed E-state index contributed by atoms with van der Waals surface area (Å²) in [6, 6.07) is 13.7. The predicted octanol–water partition coefficient (Wildman–Crippen LogP) is 6.92. The van der Waals surface area contributed by atoms with Crippen LogP contribution in [-0.2, 0) is 10.0 Å². The smallest absolute Gasteiger partial charge is 0.255 e. The van der Waals surface area contributed by atoms with Gasteiger partial charge in [0.2, 0.25) is 10.0 Å². The summed E-state index contributed by atoms with van der Waals surface area (Å²) in [5.74, 6) is -0.791. The standard InChI is InChI=1S/C34H31F2N5O5S/c1-5-6-13-45-29-12-11-25(40-32(29)26-15-21-24(36)17-38-18-27(21)39-26)22-14-23-30(16-28(22)41(3)47(4,43)44)46-33(31(23)34(42)37-2)19-7-9-20(35)10-8-19/h7-12,14-18,39H,5-6,13H2,1-4H3,(H,37,42). The van der Waals surface area contributed by atoms with Crippen molar-refractivity contribution in [1.29, 1.82) is 0 Å². The minimum Gasteiger partial charge on any atom is -0.491 e. The first-order valence-corrected chi connectivity index (χ1v) is 16.6. The zero-order valence-corrected chi connectivity index (χ0v) is 26.8. The van der Waals surface area contributed by atoms with Gasteiger partial charge in [-0.2, -0.15) is 0 Å². The van der Waals surface area contributed by atoms with Crippen molar-refractivity contribution in [2.75, 3.05) is 31.3 Å². The minimum absolute atomic E-state index is 0.183. The number of nitrogens with one attached hydrogen (secondary N) is 2. The molecule has 1 amide bonds. The van der Waals surface area contributed by atoms with Crippen molar-refractivity contribution in [3.05, 3.63) is 84.2 Å². The fraction of sp³-hybridized carbons (Fsp3) is 0.206. The van der Waals surface area contributed by atoms with Crippen LogP contribution in [0.1, 0.15) is 30.1 Å². The Morgan fingerprint density at radius 3 is 2.51 bits per heavy atom. The summed E-state index contributed by atoms with van der Waals surface area (Å²) in [4.78, 5) is 25.3. The Balaban J connectivity index is 1.62. The summed E-state index contributed by atoms with van der Waals surface area (Å²) in [5, 5.41) is 3.34. The Bertz CT molecular complexity index is 2250. The van der Waals surface area contributed by atoms with E-state index in [1.165, 1.54) is 50.6 Å². The number of nitrogens with zero attached hydrogens (tertiary/aromatic N) is 3. The van der Waals surface area contributed by atoms with Crippen molar-refractivity contribution in [2.24, 2.45) is 0 Å². The molecular weight excluding hydrogens is 628 g/mol. The zero-order chi connectivity index (χ0) is 33.5. The zero-order valence-electron chi connectivity index (χ0n) is 26.0. The molecule has 0 saturated carbocycles. The largest absolute Gasteiger partial charge is 0.491 e. The van der Waals surface area contributed by atoms with Crippen molar-refractivity contribution in [3.63, 3.8) is 0 Å². The third-order valence-corrected chi connectivity index (χ3v) is 9.04. The van der Waals surface area contributed by atoms with Crippen molar-refractivity contribution < 1.29 is 31.1 Å². The number of carbonyl (C=O) groups excluding carboxylic acids is 1. The van der Waals surface area contributed by atoms with Crippen LogP contribution in [0, 0.1) is 11.6 Å². The number of aromatic amines is 1. The first-order valence-electron chi connectivity index (χ1n) is 14.8. The van der Waals surface area contributed by atoms with E-state index in [9.17, 15) is 22.0 Å². The normalized spacial score (nSPS) is 11.7. The van der Waals surface area contributed by atoms with E-state index in [2.05, 4.69) is 15.3 Å². The number of amides is 1. The number of ether oxygens (including phenoxy) is 1. The van der Waals surface area contributed by atoms with Gasteiger partial charge in [0.15, 0.2) is 5.82 Å². The SMILES string of the molecule is CCCCOc1ccc(-c2cc3c(C(=O)NC)c(-c4ccc(F)cc4)oc3cc2N(C)S(C)(=O)=O)nc1-c1cc2c(F)cncc2[nH]1. The topological polar surface area (TPSA) is 130 Å². The molecule has 0 saturated heterocycles. The van der Waals surface area contributed by atoms with Gasteiger partial charge in [0.05, 0.1) is 53.4 Å². The van der Waals surface area contributed by atoms with E-state index in [4.69, 9.17) is 14.1 Å². The Morgan fingerprint density at radius 1 is 1.06 bits per heavy atom. The molecule has 4 aromatic heterocycles. The number of carbonyl (C=O) groups is 1. The average molecular weight is 660 g/mol. The lowest BCUT2D eigenvalue weighted by Gasteiger charge is -2.21. The van der Waals surface area contributed by atoms with Crippen LogP contribution in [0.25, 0.3) is 55.8 Å². The molecule has 0 spiro atoms. The molecule has 2 N–H and O–H groups in total. The van der Waals surface area contributed by atoms with Gasteiger partial charge < -0.3 is 19.5 Å². The van der Waals surface area contributed by atoms with Crippen molar-refractivity contribution in [2.45, 2.75) is 19.8 Å². The number of anilines is 1. The van der Waals surface area contributed by atoms with Crippen LogP contribution in [0.4, 0.5) is 14.5 Å². The number of hydrogen-bond donors (Lipinski definition) is 2. The molecule has 0 aliphatic carbocycles. The molecule has 0 radical (unpaired) electrons. The number of hydrogen-bond acceptors (Lipinski definition) is 7. The van der Waals surface area contributed by atoms with Gasteiger partial charge >= 0.3 is 0 Å². The highest BCUT2D eigenvalue weighted by Crippen LogP contribution is 2.42. The van der Waals surface area contributed by atoms with Gasteiger partial charge in [-0.3, -0.25) is 14.1 Å². The summed E-state index contributed by atoms with van der Waals surface area (Å²) in [6.07, 6.45) is 5.41. The molecule has 0 unspecified atom stereocenters. The van der Waals surface area contributed by atoms with Crippen LogP contribution in [0.3, 0.4) is 0 Å². The fourth-order valence-electron chi connectivity index (χ4n) is 5.31. The second-order valence-electron chi connectivity index (χ2n) is 11.0. The highest BCUT2D eigenvalue weighted by atomic mass is 32.2. The van der Waals surface area contributed by atoms with Gasteiger partial charge in [0.1, 0.15) is 28.6 Å². The van der Waals surface area contributed by atoms with Gasteiger partial charge in [0, 0.05) is 42.1 Å². The van der Waals surface area contributed by atoms with E-state index in [-0.39, 0.29) is 22.6 Å². The van der Waals surface area contributed by atoms with Crippen LogP contribution >= 0.6 is 0 Å². The lowest BCUT2D eigenvalue weighted by molar-refractivity contribution is 0.0964. The number of fused-ring (bicyclic) bond motifs is 2. The summed E-state index contributed by atoms with van der Waals surface area (Å²) < 4.78 is 67.5. The van der Waals surface area contributed by atoms with Crippen molar-refractivity contribution in [3.8, 4) is 39.7 Å². The van der Waals surface area contributed by atoms with E-state index in [1.54, 1.807) is 24.3 Å².